The number of carbonyl (C=O) groups excluding carboxylic acids is 1. The molecule has 0 atom stereocenters. The Balaban J connectivity index is 1.36. The van der Waals surface area contributed by atoms with Crippen molar-refractivity contribution in [2.75, 3.05) is 54.3 Å². The van der Waals surface area contributed by atoms with Gasteiger partial charge in [-0.3, -0.25) is 0 Å². The van der Waals surface area contributed by atoms with Crippen molar-refractivity contribution in [3.63, 3.8) is 0 Å². The van der Waals surface area contributed by atoms with Gasteiger partial charge in [0, 0.05) is 41.9 Å². The Morgan fingerprint density at radius 3 is 2.16 bits per heavy atom. The van der Waals surface area contributed by atoms with Crippen molar-refractivity contribution in [2.45, 2.75) is 6.92 Å². The minimum absolute atomic E-state index is 0.322. The topological polar surface area (TPSA) is 101 Å². The van der Waals surface area contributed by atoms with Crippen LogP contribution in [0.4, 0.5) is 33.6 Å². The summed E-state index contributed by atoms with van der Waals surface area (Å²) in [5.41, 5.74) is 3.10. The maximum Gasteiger partial charge on any atom is 0.323 e. The lowest BCUT2D eigenvalue weighted by atomic mass is 10.2. The Labute approximate surface area is 186 Å². The van der Waals surface area contributed by atoms with E-state index in [0.29, 0.717) is 30.5 Å². The SMILES string of the molecule is COc1ccc(NC(=O)Nc2ccc(Nc3cc(C)nc(N4CCOCC4)n3)cc2)cc1. The number of methoxy groups -OCH3 is 1. The fraction of sp³-hybridized carbons (Fsp3) is 0.261. The number of ether oxygens (including phenoxy) is 2. The molecule has 2 heterocycles. The van der Waals surface area contributed by atoms with Gasteiger partial charge in [-0.2, -0.15) is 4.98 Å². The van der Waals surface area contributed by atoms with E-state index in [4.69, 9.17) is 9.47 Å². The van der Waals surface area contributed by atoms with Gasteiger partial charge >= 0.3 is 6.03 Å². The molecule has 9 heteroatoms. The molecule has 3 N–H and O–H groups in total. The molecule has 0 saturated carbocycles. The first-order valence-corrected chi connectivity index (χ1v) is 10.4. The first kappa shape index (κ1) is 21.4. The molecule has 0 aliphatic carbocycles. The molecule has 2 aromatic carbocycles. The number of hydrogen-bond acceptors (Lipinski definition) is 7. The van der Waals surface area contributed by atoms with Crippen molar-refractivity contribution in [2.24, 2.45) is 0 Å². The zero-order valence-corrected chi connectivity index (χ0v) is 18.1. The number of aryl methyl sites for hydroxylation is 1. The molecule has 1 aliphatic heterocycles. The van der Waals surface area contributed by atoms with E-state index in [2.05, 4.69) is 30.8 Å². The Morgan fingerprint density at radius 2 is 1.53 bits per heavy atom. The van der Waals surface area contributed by atoms with E-state index >= 15 is 0 Å². The molecule has 0 spiro atoms. The molecule has 1 saturated heterocycles. The van der Waals surface area contributed by atoms with Crippen LogP contribution in [-0.2, 0) is 4.74 Å². The molecule has 1 fully saturated rings. The highest BCUT2D eigenvalue weighted by Gasteiger charge is 2.15. The van der Waals surface area contributed by atoms with Crippen LogP contribution in [0.2, 0.25) is 0 Å². The van der Waals surface area contributed by atoms with E-state index in [1.54, 1.807) is 31.4 Å². The molecule has 9 nitrogen and oxygen atoms in total. The van der Waals surface area contributed by atoms with Gasteiger partial charge in [0.25, 0.3) is 0 Å². The van der Waals surface area contributed by atoms with Crippen LogP contribution in [-0.4, -0.2) is 49.4 Å². The number of hydrogen-bond donors (Lipinski definition) is 3. The molecule has 0 radical (unpaired) electrons. The van der Waals surface area contributed by atoms with Crippen LogP contribution >= 0.6 is 0 Å². The molecule has 0 unspecified atom stereocenters. The largest absolute Gasteiger partial charge is 0.497 e. The lowest BCUT2D eigenvalue weighted by Gasteiger charge is -2.27. The van der Waals surface area contributed by atoms with E-state index in [1.165, 1.54) is 0 Å². The number of nitrogens with one attached hydrogen (secondary N) is 3. The summed E-state index contributed by atoms with van der Waals surface area (Å²) >= 11 is 0. The molecule has 0 bridgehead atoms. The summed E-state index contributed by atoms with van der Waals surface area (Å²) in [7, 11) is 1.60. The summed E-state index contributed by atoms with van der Waals surface area (Å²) in [5.74, 6) is 2.15. The van der Waals surface area contributed by atoms with Gasteiger partial charge in [0.2, 0.25) is 5.95 Å². The van der Waals surface area contributed by atoms with Crippen molar-refractivity contribution in [1.82, 2.24) is 9.97 Å². The number of rotatable bonds is 6. The average molecular weight is 435 g/mol. The number of benzene rings is 2. The second-order valence-electron chi connectivity index (χ2n) is 7.30. The lowest BCUT2D eigenvalue weighted by molar-refractivity contribution is 0.122. The molecular formula is C23H26N6O3. The fourth-order valence-corrected chi connectivity index (χ4v) is 3.27. The number of nitrogens with zero attached hydrogens (tertiary/aromatic N) is 3. The highest BCUT2D eigenvalue weighted by Crippen LogP contribution is 2.21. The predicted molar refractivity (Wildman–Crippen MR) is 125 cm³/mol. The van der Waals surface area contributed by atoms with Gasteiger partial charge in [-0.15, -0.1) is 0 Å². The van der Waals surface area contributed by atoms with E-state index in [-0.39, 0.29) is 6.03 Å². The van der Waals surface area contributed by atoms with Crippen molar-refractivity contribution in [3.8, 4) is 5.75 Å². The molecule has 1 aromatic heterocycles. The maximum absolute atomic E-state index is 12.2. The number of urea groups is 1. The molecule has 4 rings (SSSR count). The van der Waals surface area contributed by atoms with Crippen LogP contribution in [0.15, 0.2) is 54.6 Å². The third kappa shape index (κ3) is 5.64. The molecule has 2 amide bonds. The van der Waals surface area contributed by atoms with Gasteiger partial charge in [-0.05, 0) is 55.5 Å². The summed E-state index contributed by atoms with van der Waals surface area (Å²) in [6.07, 6.45) is 0. The van der Waals surface area contributed by atoms with Gasteiger partial charge in [-0.25, -0.2) is 9.78 Å². The van der Waals surface area contributed by atoms with Gasteiger partial charge in [0.15, 0.2) is 0 Å². The van der Waals surface area contributed by atoms with Gasteiger partial charge in [0.1, 0.15) is 11.6 Å². The fourth-order valence-electron chi connectivity index (χ4n) is 3.27. The van der Waals surface area contributed by atoms with Crippen molar-refractivity contribution in [3.05, 3.63) is 60.3 Å². The first-order valence-electron chi connectivity index (χ1n) is 10.4. The van der Waals surface area contributed by atoms with Crippen LogP contribution in [0.1, 0.15) is 5.69 Å². The van der Waals surface area contributed by atoms with E-state index < -0.39 is 0 Å². The number of morpholine rings is 1. The number of carbonyl (C=O) groups is 1. The first-order chi connectivity index (χ1) is 15.6. The van der Waals surface area contributed by atoms with Crippen LogP contribution in [0.25, 0.3) is 0 Å². The number of anilines is 5. The summed E-state index contributed by atoms with van der Waals surface area (Å²) in [4.78, 5) is 23.5. The van der Waals surface area contributed by atoms with Crippen LogP contribution in [0.5, 0.6) is 5.75 Å². The molecule has 166 valence electrons. The van der Waals surface area contributed by atoms with E-state index in [1.807, 2.05) is 37.3 Å². The summed E-state index contributed by atoms with van der Waals surface area (Å²) in [6, 6.07) is 16.1. The van der Waals surface area contributed by atoms with E-state index in [9.17, 15) is 4.79 Å². The Morgan fingerprint density at radius 1 is 0.938 bits per heavy atom. The predicted octanol–water partition coefficient (Wildman–Crippen LogP) is 4.02. The zero-order chi connectivity index (χ0) is 22.3. The van der Waals surface area contributed by atoms with Gasteiger partial charge in [-0.1, -0.05) is 0 Å². The Hall–Kier alpha value is -3.85. The Kier molecular flexibility index (Phi) is 6.66. The summed E-state index contributed by atoms with van der Waals surface area (Å²) < 4.78 is 10.5. The quantitative estimate of drug-likeness (QED) is 0.539. The molecular weight excluding hydrogens is 408 g/mol. The number of aromatic nitrogens is 2. The Bertz CT molecular complexity index is 1050. The molecule has 1 aliphatic rings. The van der Waals surface area contributed by atoms with Gasteiger partial charge < -0.3 is 30.3 Å². The maximum atomic E-state index is 12.2. The van der Waals surface area contributed by atoms with Crippen LogP contribution in [0.3, 0.4) is 0 Å². The minimum atomic E-state index is -0.322. The minimum Gasteiger partial charge on any atom is -0.497 e. The smallest absolute Gasteiger partial charge is 0.323 e. The van der Waals surface area contributed by atoms with Crippen molar-refractivity contribution in [1.29, 1.82) is 0 Å². The third-order valence-corrected chi connectivity index (χ3v) is 4.90. The zero-order valence-electron chi connectivity index (χ0n) is 18.1. The molecule has 32 heavy (non-hydrogen) atoms. The van der Waals surface area contributed by atoms with Crippen molar-refractivity contribution < 1.29 is 14.3 Å². The van der Waals surface area contributed by atoms with Crippen LogP contribution in [0, 0.1) is 6.92 Å². The monoisotopic (exact) mass is 434 g/mol. The second kappa shape index (κ2) is 9.97. The standard InChI is InChI=1S/C23H26N6O3/c1-16-15-21(28-22(24-16)29-11-13-32-14-12-29)25-17-3-5-18(6-4-17)26-23(30)27-19-7-9-20(31-2)10-8-19/h3-10,15H,11-14H2,1-2H3,(H,24,25,28)(H2,26,27,30). The summed E-state index contributed by atoms with van der Waals surface area (Å²) in [5, 5.41) is 8.91. The van der Waals surface area contributed by atoms with E-state index in [0.717, 1.165) is 36.0 Å². The normalized spacial score (nSPS) is 13.4. The highest BCUT2D eigenvalue weighted by molar-refractivity contribution is 5.99. The summed E-state index contributed by atoms with van der Waals surface area (Å²) in [6.45, 7) is 4.87. The van der Waals surface area contributed by atoms with Gasteiger partial charge in [0.05, 0.1) is 20.3 Å². The molecule has 3 aromatic rings. The average Bonchev–Trinajstić information content (AvgIpc) is 2.81. The third-order valence-electron chi connectivity index (χ3n) is 4.90. The van der Waals surface area contributed by atoms with Crippen LogP contribution < -0.4 is 25.6 Å². The second-order valence-corrected chi connectivity index (χ2v) is 7.30. The lowest BCUT2D eigenvalue weighted by Crippen LogP contribution is -2.37. The highest BCUT2D eigenvalue weighted by atomic mass is 16.5. The number of amides is 2. The van der Waals surface area contributed by atoms with Crippen molar-refractivity contribution >= 4 is 34.9 Å².